The molecule has 1 fully saturated rings. The van der Waals surface area contributed by atoms with Crippen LogP contribution in [-0.2, 0) is 9.84 Å². The van der Waals surface area contributed by atoms with Crippen LogP contribution in [0.2, 0.25) is 0 Å². The average molecular weight is 297 g/mol. The first-order valence-corrected chi connectivity index (χ1v) is 8.40. The van der Waals surface area contributed by atoms with Crippen LogP contribution >= 0.6 is 0 Å². The zero-order valence-electron chi connectivity index (χ0n) is 11.6. The lowest BCUT2D eigenvalue weighted by atomic mass is 10.1. The molecule has 0 saturated carbocycles. The minimum absolute atomic E-state index is 0.176. The van der Waals surface area contributed by atoms with E-state index in [1.807, 2.05) is 19.9 Å². The van der Waals surface area contributed by atoms with Crippen LogP contribution in [0.1, 0.15) is 24.2 Å². The lowest BCUT2D eigenvalue weighted by molar-refractivity contribution is 0.0410. The first-order chi connectivity index (χ1) is 9.32. The molecule has 0 unspecified atom stereocenters. The van der Waals surface area contributed by atoms with Crippen molar-refractivity contribution in [3.8, 4) is 0 Å². The van der Waals surface area contributed by atoms with Gasteiger partial charge < -0.3 is 10.0 Å². The van der Waals surface area contributed by atoms with E-state index in [4.69, 9.17) is 0 Å². The molecule has 1 amide bonds. The number of rotatable bonds is 3. The van der Waals surface area contributed by atoms with Crippen molar-refractivity contribution >= 4 is 15.7 Å². The smallest absolute Gasteiger partial charge is 0.254 e. The van der Waals surface area contributed by atoms with Gasteiger partial charge in [0.25, 0.3) is 5.91 Å². The van der Waals surface area contributed by atoms with Gasteiger partial charge >= 0.3 is 0 Å². The molecule has 1 N–H and O–H groups in total. The van der Waals surface area contributed by atoms with E-state index < -0.39 is 22.0 Å². The van der Waals surface area contributed by atoms with E-state index >= 15 is 0 Å². The first-order valence-electron chi connectivity index (χ1n) is 6.58. The average Bonchev–Trinajstić information content (AvgIpc) is 2.63. The van der Waals surface area contributed by atoms with E-state index in [1.165, 1.54) is 4.90 Å². The van der Waals surface area contributed by atoms with Gasteiger partial charge in [-0.15, -0.1) is 0 Å². The molecule has 2 atom stereocenters. The molecule has 5 nitrogen and oxygen atoms in total. The molecular weight excluding hydrogens is 278 g/mol. The van der Waals surface area contributed by atoms with Gasteiger partial charge in [0, 0.05) is 11.6 Å². The summed E-state index contributed by atoms with van der Waals surface area (Å²) in [6.07, 6.45) is -1.02. The molecule has 1 heterocycles. The minimum atomic E-state index is -3.28. The Kier molecular flexibility index (Phi) is 4.15. The fraction of sp³-hybridized carbons (Fsp3) is 0.500. The molecule has 0 bridgehead atoms. The van der Waals surface area contributed by atoms with Gasteiger partial charge in [-0.25, -0.2) is 8.42 Å². The third-order valence-electron chi connectivity index (χ3n) is 3.46. The van der Waals surface area contributed by atoms with Crippen molar-refractivity contribution in [1.82, 2.24) is 4.90 Å². The molecule has 1 saturated heterocycles. The lowest BCUT2D eigenvalue weighted by Gasteiger charge is -2.33. The standard InChI is InChI=1S/C14H19NO4S/c1-10(2)15(12-8-20(18,19)9-13(12)16)14(17)11-6-4-3-5-7-11/h3-7,10,12-13,16H,8-9H2,1-2H3/t12-,13-/m0/s1. The van der Waals surface area contributed by atoms with Crippen molar-refractivity contribution in [2.45, 2.75) is 32.0 Å². The normalized spacial score (nSPS) is 24.8. The maximum absolute atomic E-state index is 12.5. The van der Waals surface area contributed by atoms with Crippen molar-refractivity contribution in [3.63, 3.8) is 0 Å². The Labute approximate surface area is 119 Å². The van der Waals surface area contributed by atoms with Gasteiger partial charge in [0.15, 0.2) is 9.84 Å². The lowest BCUT2D eigenvalue weighted by Crippen LogP contribution is -2.50. The second-order valence-electron chi connectivity index (χ2n) is 5.38. The molecule has 0 spiro atoms. The van der Waals surface area contributed by atoms with Gasteiger partial charge in [-0.2, -0.15) is 0 Å². The Balaban J connectivity index is 2.31. The maximum atomic E-state index is 12.5. The van der Waals surface area contributed by atoms with Crippen molar-refractivity contribution in [2.24, 2.45) is 0 Å². The summed E-state index contributed by atoms with van der Waals surface area (Å²) in [5.41, 5.74) is 0.498. The number of sulfone groups is 1. The molecule has 20 heavy (non-hydrogen) atoms. The van der Waals surface area contributed by atoms with E-state index in [0.29, 0.717) is 5.56 Å². The SMILES string of the molecule is CC(C)N(C(=O)c1ccccc1)[C@H]1CS(=O)(=O)C[C@@H]1O. The van der Waals surface area contributed by atoms with Crippen molar-refractivity contribution in [3.05, 3.63) is 35.9 Å². The zero-order chi connectivity index (χ0) is 14.9. The van der Waals surface area contributed by atoms with Crippen molar-refractivity contribution in [1.29, 1.82) is 0 Å². The van der Waals surface area contributed by atoms with Gasteiger partial charge in [0.05, 0.1) is 23.7 Å². The fourth-order valence-electron chi connectivity index (χ4n) is 2.57. The van der Waals surface area contributed by atoms with E-state index in [9.17, 15) is 18.3 Å². The monoisotopic (exact) mass is 297 g/mol. The summed E-state index contributed by atoms with van der Waals surface area (Å²) in [6, 6.07) is 7.84. The summed E-state index contributed by atoms with van der Waals surface area (Å²) in [6.45, 7) is 3.64. The summed E-state index contributed by atoms with van der Waals surface area (Å²) in [5, 5.41) is 9.97. The van der Waals surface area contributed by atoms with Crippen molar-refractivity contribution in [2.75, 3.05) is 11.5 Å². The number of nitrogens with zero attached hydrogens (tertiary/aromatic N) is 1. The number of carbonyl (C=O) groups is 1. The summed E-state index contributed by atoms with van der Waals surface area (Å²) < 4.78 is 23.3. The molecule has 110 valence electrons. The van der Waals surface area contributed by atoms with E-state index in [1.54, 1.807) is 24.3 Å². The van der Waals surface area contributed by atoms with Gasteiger partial charge in [0.1, 0.15) is 0 Å². The molecule has 6 heteroatoms. The van der Waals surface area contributed by atoms with Gasteiger partial charge in [-0.05, 0) is 26.0 Å². The molecule has 0 aromatic heterocycles. The minimum Gasteiger partial charge on any atom is -0.390 e. The third-order valence-corrected chi connectivity index (χ3v) is 5.16. The Morgan fingerprint density at radius 2 is 1.85 bits per heavy atom. The second kappa shape index (κ2) is 5.54. The van der Waals surface area contributed by atoms with Crippen LogP contribution in [0.4, 0.5) is 0 Å². The highest BCUT2D eigenvalue weighted by atomic mass is 32.2. The fourth-order valence-corrected chi connectivity index (χ4v) is 4.36. The summed E-state index contributed by atoms with van der Waals surface area (Å²) >= 11 is 0. The van der Waals surface area contributed by atoms with Gasteiger partial charge in [-0.1, -0.05) is 18.2 Å². The highest BCUT2D eigenvalue weighted by molar-refractivity contribution is 7.91. The van der Waals surface area contributed by atoms with Crippen LogP contribution in [0.15, 0.2) is 30.3 Å². The predicted molar refractivity (Wildman–Crippen MR) is 76.2 cm³/mol. The molecule has 1 aliphatic rings. The van der Waals surface area contributed by atoms with Crippen LogP contribution in [0.25, 0.3) is 0 Å². The number of aliphatic hydroxyl groups is 1. The second-order valence-corrected chi connectivity index (χ2v) is 7.54. The number of carbonyl (C=O) groups excluding carboxylic acids is 1. The van der Waals surface area contributed by atoms with Crippen LogP contribution in [0.5, 0.6) is 0 Å². The molecule has 1 aromatic carbocycles. The molecule has 1 aliphatic heterocycles. The van der Waals surface area contributed by atoms with Crippen LogP contribution in [-0.4, -0.2) is 54.0 Å². The van der Waals surface area contributed by atoms with E-state index in [-0.39, 0.29) is 23.5 Å². The summed E-state index contributed by atoms with van der Waals surface area (Å²) in [5.74, 6) is -0.699. The van der Waals surface area contributed by atoms with E-state index in [2.05, 4.69) is 0 Å². The molecule has 0 radical (unpaired) electrons. The van der Waals surface area contributed by atoms with Crippen LogP contribution < -0.4 is 0 Å². The highest BCUT2D eigenvalue weighted by Gasteiger charge is 2.42. The molecule has 0 aliphatic carbocycles. The Morgan fingerprint density at radius 1 is 1.25 bits per heavy atom. The third kappa shape index (κ3) is 3.02. The number of hydrogen-bond acceptors (Lipinski definition) is 4. The topological polar surface area (TPSA) is 74.7 Å². The molecule has 1 aromatic rings. The summed E-state index contributed by atoms with van der Waals surface area (Å²) in [4.78, 5) is 14.0. The Bertz CT molecular complexity index is 582. The first kappa shape index (κ1) is 15.0. The number of amides is 1. The summed E-state index contributed by atoms with van der Waals surface area (Å²) in [7, 11) is -3.28. The van der Waals surface area contributed by atoms with Gasteiger partial charge in [-0.3, -0.25) is 4.79 Å². The molecular formula is C14H19NO4S. The zero-order valence-corrected chi connectivity index (χ0v) is 12.4. The van der Waals surface area contributed by atoms with Crippen molar-refractivity contribution < 1.29 is 18.3 Å². The largest absolute Gasteiger partial charge is 0.390 e. The van der Waals surface area contributed by atoms with Gasteiger partial charge in [0.2, 0.25) is 0 Å². The Morgan fingerprint density at radius 3 is 2.30 bits per heavy atom. The maximum Gasteiger partial charge on any atom is 0.254 e. The quantitative estimate of drug-likeness (QED) is 0.891. The van der Waals surface area contributed by atoms with E-state index in [0.717, 1.165) is 0 Å². The number of aliphatic hydroxyl groups excluding tert-OH is 1. The molecule has 2 rings (SSSR count). The highest BCUT2D eigenvalue weighted by Crippen LogP contribution is 2.22. The number of benzene rings is 1. The number of hydrogen-bond donors (Lipinski definition) is 1. The van der Waals surface area contributed by atoms with Crippen LogP contribution in [0.3, 0.4) is 0 Å². The van der Waals surface area contributed by atoms with Crippen LogP contribution in [0, 0.1) is 0 Å². The predicted octanol–water partition coefficient (Wildman–Crippen LogP) is 0.695. The Hall–Kier alpha value is -1.40.